The molecule has 2 aromatic carbocycles. The Morgan fingerprint density at radius 1 is 0.967 bits per heavy atom. The van der Waals surface area contributed by atoms with Crippen LogP contribution in [0.25, 0.3) is 16.9 Å². The summed E-state index contributed by atoms with van der Waals surface area (Å²) in [7, 11) is 0. The number of aromatic nitrogens is 5. The van der Waals surface area contributed by atoms with Crippen molar-refractivity contribution in [3.63, 3.8) is 0 Å². The number of hydrogen-bond donors (Lipinski definition) is 2. The van der Waals surface area contributed by atoms with Crippen molar-refractivity contribution in [1.82, 2.24) is 25.0 Å². The van der Waals surface area contributed by atoms with Crippen LogP contribution in [-0.4, -0.2) is 42.5 Å². The topological polar surface area (TPSA) is 115 Å². The smallest absolute Gasteiger partial charge is 0.234 e. The first-order valence-corrected chi connectivity index (χ1v) is 10.0. The summed E-state index contributed by atoms with van der Waals surface area (Å²) in [4.78, 5) is 31.9. The molecule has 0 saturated carbocycles. The summed E-state index contributed by atoms with van der Waals surface area (Å²) in [6, 6.07) is 16.5. The van der Waals surface area contributed by atoms with E-state index >= 15 is 0 Å². The van der Waals surface area contributed by atoms with Crippen LogP contribution in [0.2, 0.25) is 0 Å². The standard InChI is InChI=1S/C20H17N7O2S/c1-13(28)23-14-7-9-15(10-8-14)24-17(29)11-30-20-18-19(21-12-22-20)27(26-25-18)16-5-3-2-4-6-16/h2-10,12H,11H2,1H3,(H,23,28)(H,24,29). The molecule has 0 aliphatic heterocycles. The Labute approximate surface area is 175 Å². The molecule has 4 aromatic rings. The zero-order chi connectivity index (χ0) is 20.9. The molecule has 0 aliphatic rings. The minimum atomic E-state index is -0.186. The molecule has 0 unspecified atom stereocenters. The minimum absolute atomic E-state index is 0.149. The lowest BCUT2D eigenvalue weighted by Gasteiger charge is -2.07. The Morgan fingerprint density at radius 3 is 2.37 bits per heavy atom. The summed E-state index contributed by atoms with van der Waals surface area (Å²) in [5.41, 5.74) is 3.26. The summed E-state index contributed by atoms with van der Waals surface area (Å²) in [6.07, 6.45) is 1.44. The van der Waals surface area contributed by atoms with Gasteiger partial charge in [0.25, 0.3) is 0 Å². The van der Waals surface area contributed by atoms with Crippen LogP contribution in [-0.2, 0) is 9.59 Å². The Hall–Kier alpha value is -3.79. The molecule has 0 aliphatic carbocycles. The number of anilines is 2. The summed E-state index contributed by atoms with van der Waals surface area (Å²) in [6.45, 7) is 1.44. The van der Waals surface area contributed by atoms with Gasteiger partial charge in [-0.15, -0.1) is 5.10 Å². The van der Waals surface area contributed by atoms with Crippen LogP contribution in [0, 0.1) is 0 Å². The molecule has 0 saturated heterocycles. The highest BCUT2D eigenvalue weighted by atomic mass is 32.2. The van der Waals surface area contributed by atoms with Crippen molar-refractivity contribution in [2.75, 3.05) is 16.4 Å². The third-order valence-corrected chi connectivity index (χ3v) is 5.01. The van der Waals surface area contributed by atoms with E-state index in [-0.39, 0.29) is 17.6 Å². The summed E-state index contributed by atoms with van der Waals surface area (Å²) >= 11 is 1.26. The largest absolute Gasteiger partial charge is 0.326 e. The number of rotatable bonds is 6. The van der Waals surface area contributed by atoms with E-state index in [1.165, 1.54) is 25.0 Å². The van der Waals surface area contributed by atoms with Gasteiger partial charge in [-0.05, 0) is 36.4 Å². The fourth-order valence-electron chi connectivity index (χ4n) is 2.75. The van der Waals surface area contributed by atoms with E-state index in [4.69, 9.17) is 0 Å². The van der Waals surface area contributed by atoms with Gasteiger partial charge in [-0.2, -0.15) is 4.68 Å². The number of amides is 2. The molecule has 0 spiro atoms. The maximum absolute atomic E-state index is 12.3. The van der Waals surface area contributed by atoms with Gasteiger partial charge in [0, 0.05) is 18.3 Å². The van der Waals surface area contributed by atoms with Gasteiger partial charge >= 0.3 is 0 Å². The molecule has 0 fully saturated rings. The van der Waals surface area contributed by atoms with Crippen molar-refractivity contribution in [3.05, 3.63) is 60.9 Å². The number of hydrogen-bond acceptors (Lipinski definition) is 7. The maximum atomic E-state index is 12.3. The van der Waals surface area contributed by atoms with Gasteiger partial charge in [0.1, 0.15) is 11.4 Å². The number of para-hydroxylation sites is 1. The fraction of sp³-hybridized carbons (Fsp3) is 0.100. The molecular weight excluding hydrogens is 402 g/mol. The Balaban J connectivity index is 1.43. The average molecular weight is 419 g/mol. The van der Waals surface area contributed by atoms with Crippen LogP contribution >= 0.6 is 11.8 Å². The van der Waals surface area contributed by atoms with Gasteiger partial charge in [0.05, 0.1) is 11.4 Å². The summed E-state index contributed by atoms with van der Waals surface area (Å²) in [5.74, 6) is -0.185. The number of nitrogens with one attached hydrogen (secondary N) is 2. The van der Waals surface area contributed by atoms with E-state index < -0.39 is 0 Å². The van der Waals surface area contributed by atoms with Gasteiger partial charge in [-0.1, -0.05) is 35.2 Å². The first kappa shape index (κ1) is 19.5. The molecule has 9 nitrogen and oxygen atoms in total. The van der Waals surface area contributed by atoms with E-state index in [0.717, 1.165) is 5.69 Å². The van der Waals surface area contributed by atoms with Gasteiger partial charge in [-0.25, -0.2) is 9.97 Å². The van der Waals surface area contributed by atoms with Crippen molar-refractivity contribution in [3.8, 4) is 5.69 Å². The van der Waals surface area contributed by atoms with Crippen LogP contribution in [0.3, 0.4) is 0 Å². The first-order chi connectivity index (χ1) is 14.6. The molecule has 2 heterocycles. The number of carbonyl (C=O) groups excluding carboxylic acids is 2. The Morgan fingerprint density at radius 2 is 1.67 bits per heavy atom. The molecule has 150 valence electrons. The molecule has 10 heteroatoms. The molecule has 2 aromatic heterocycles. The summed E-state index contributed by atoms with van der Waals surface area (Å²) < 4.78 is 1.64. The fourth-order valence-corrected chi connectivity index (χ4v) is 3.48. The van der Waals surface area contributed by atoms with E-state index in [1.807, 2.05) is 30.3 Å². The van der Waals surface area contributed by atoms with E-state index in [1.54, 1.807) is 28.9 Å². The molecule has 2 N–H and O–H groups in total. The van der Waals surface area contributed by atoms with Crippen LogP contribution in [0.1, 0.15) is 6.92 Å². The highest BCUT2D eigenvalue weighted by Crippen LogP contribution is 2.24. The second-order valence-corrected chi connectivity index (χ2v) is 7.25. The third kappa shape index (κ3) is 4.44. The number of nitrogens with zero attached hydrogens (tertiary/aromatic N) is 5. The molecule has 0 radical (unpaired) electrons. The first-order valence-electron chi connectivity index (χ1n) is 9.02. The SMILES string of the molecule is CC(=O)Nc1ccc(NC(=O)CSc2ncnc3c2nnn3-c2ccccc2)cc1. The zero-order valence-corrected chi connectivity index (χ0v) is 16.8. The number of thioether (sulfide) groups is 1. The molecule has 0 bridgehead atoms. The molecule has 2 amide bonds. The minimum Gasteiger partial charge on any atom is -0.326 e. The van der Waals surface area contributed by atoms with Gasteiger partial charge in [-0.3, -0.25) is 9.59 Å². The average Bonchev–Trinajstić information content (AvgIpc) is 3.19. The van der Waals surface area contributed by atoms with E-state index in [0.29, 0.717) is 27.6 Å². The van der Waals surface area contributed by atoms with Crippen molar-refractivity contribution in [1.29, 1.82) is 0 Å². The Bertz CT molecular complexity index is 1190. The molecule has 0 atom stereocenters. The van der Waals surface area contributed by atoms with Crippen molar-refractivity contribution in [2.45, 2.75) is 11.9 Å². The second kappa shape index (κ2) is 8.70. The van der Waals surface area contributed by atoms with Gasteiger partial charge in [0.15, 0.2) is 11.2 Å². The summed E-state index contributed by atoms with van der Waals surface area (Å²) in [5, 5.41) is 14.4. The lowest BCUT2D eigenvalue weighted by atomic mass is 10.3. The van der Waals surface area contributed by atoms with Crippen LogP contribution in [0.5, 0.6) is 0 Å². The quantitative estimate of drug-likeness (QED) is 0.365. The van der Waals surface area contributed by atoms with Crippen molar-refractivity contribution in [2.24, 2.45) is 0 Å². The monoisotopic (exact) mass is 419 g/mol. The predicted octanol–water partition coefficient (Wildman–Crippen LogP) is 2.90. The number of benzene rings is 2. The highest BCUT2D eigenvalue weighted by Gasteiger charge is 2.14. The third-order valence-electron chi connectivity index (χ3n) is 4.03. The molecular formula is C20H17N7O2S. The highest BCUT2D eigenvalue weighted by molar-refractivity contribution is 8.00. The van der Waals surface area contributed by atoms with Crippen LogP contribution in [0.4, 0.5) is 11.4 Å². The van der Waals surface area contributed by atoms with Gasteiger partial charge in [0.2, 0.25) is 11.8 Å². The van der Waals surface area contributed by atoms with Crippen LogP contribution in [0.15, 0.2) is 66.0 Å². The van der Waals surface area contributed by atoms with Gasteiger partial charge < -0.3 is 10.6 Å². The molecule has 4 rings (SSSR count). The lowest BCUT2D eigenvalue weighted by Crippen LogP contribution is -2.14. The molecule has 30 heavy (non-hydrogen) atoms. The predicted molar refractivity (Wildman–Crippen MR) is 115 cm³/mol. The zero-order valence-electron chi connectivity index (χ0n) is 15.9. The van der Waals surface area contributed by atoms with Crippen LogP contribution < -0.4 is 10.6 Å². The number of carbonyl (C=O) groups is 2. The van der Waals surface area contributed by atoms with E-state index in [9.17, 15) is 9.59 Å². The van der Waals surface area contributed by atoms with E-state index in [2.05, 4.69) is 30.9 Å². The van der Waals surface area contributed by atoms with Crippen molar-refractivity contribution < 1.29 is 9.59 Å². The maximum Gasteiger partial charge on any atom is 0.234 e. The lowest BCUT2D eigenvalue weighted by molar-refractivity contribution is -0.114. The normalized spacial score (nSPS) is 10.7. The Kier molecular flexibility index (Phi) is 5.66. The van der Waals surface area contributed by atoms with Crippen molar-refractivity contribution >= 4 is 46.1 Å². The number of fused-ring (bicyclic) bond motifs is 1. The second-order valence-electron chi connectivity index (χ2n) is 6.28.